The Kier molecular flexibility index (Phi) is 4.83. The van der Waals surface area contributed by atoms with E-state index in [2.05, 4.69) is 15.3 Å². The molecule has 27 heavy (non-hydrogen) atoms. The van der Waals surface area contributed by atoms with Crippen molar-refractivity contribution in [1.82, 2.24) is 20.3 Å². The zero-order valence-electron chi connectivity index (χ0n) is 14.7. The van der Waals surface area contributed by atoms with E-state index in [1.165, 1.54) is 0 Å². The van der Waals surface area contributed by atoms with Crippen molar-refractivity contribution in [2.75, 3.05) is 6.54 Å². The fraction of sp³-hybridized carbons (Fsp3) is 0.0909. The van der Waals surface area contributed by atoms with E-state index in [0.717, 1.165) is 27.9 Å². The van der Waals surface area contributed by atoms with Gasteiger partial charge >= 0.3 is 0 Å². The fourth-order valence-electron chi connectivity index (χ4n) is 2.98. The molecule has 3 aromatic heterocycles. The number of para-hydroxylation sites is 1. The molecule has 0 aliphatic rings. The second-order valence-electron chi connectivity index (χ2n) is 6.14. The average molecular weight is 354 g/mol. The van der Waals surface area contributed by atoms with Gasteiger partial charge in [-0.2, -0.15) is 0 Å². The number of nitrogens with zero attached hydrogens (tertiary/aromatic N) is 3. The molecule has 0 spiro atoms. The number of carbonyl (C=O) groups is 1. The predicted molar refractivity (Wildman–Crippen MR) is 105 cm³/mol. The van der Waals surface area contributed by atoms with Crippen molar-refractivity contribution in [2.24, 2.45) is 0 Å². The first-order valence-corrected chi connectivity index (χ1v) is 8.79. The molecule has 1 amide bonds. The molecule has 0 fully saturated rings. The van der Waals surface area contributed by atoms with Crippen molar-refractivity contribution >= 4 is 16.8 Å². The van der Waals surface area contributed by atoms with Crippen LogP contribution in [-0.2, 0) is 6.42 Å². The number of amides is 1. The van der Waals surface area contributed by atoms with Gasteiger partial charge in [-0.25, -0.2) is 4.98 Å². The lowest BCUT2D eigenvalue weighted by molar-refractivity contribution is 0.0955. The summed E-state index contributed by atoms with van der Waals surface area (Å²) in [6, 6.07) is 19.1. The molecule has 3 heterocycles. The van der Waals surface area contributed by atoms with Crippen LogP contribution in [0.15, 0.2) is 79.3 Å². The Morgan fingerprint density at radius 2 is 1.74 bits per heavy atom. The van der Waals surface area contributed by atoms with Crippen molar-refractivity contribution in [3.8, 4) is 11.3 Å². The number of pyridine rings is 3. The fourth-order valence-corrected chi connectivity index (χ4v) is 2.98. The number of hydrogen-bond acceptors (Lipinski definition) is 4. The van der Waals surface area contributed by atoms with E-state index in [1.54, 1.807) is 18.6 Å². The van der Waals surface area contributed by atoms with Gasteiger partial charge in [0.2, 0.25) is 0 Å². The summed E-state index contributed by atoms with van der Waals surface area (Å²) in [6.07, 6.45) is 5.89. The van der Waals surface area contributed by atoms with E-state index in [9.17, 15) is 4.79 Å². The third-order valence-electron chi connectivity index (χ3n) is 4.33. The highest BCUT2D eigenvalue weighted by Crippen LogP contribution is 2.24. The molecule has 0 unspecified atom stereocenters. The van der Waals surface area contributed by atoms with Crippen LogP contribution in [-0.4, -0.2) is 27.4 Å². The highest BCUT2D eigenvalue weighted by molar-refractivity contribution is 6.07. The Morgan fingerprint density at radius 1 is 0.926 bits per heavy atom. The largest absolute Gasteiger partial charge is 0.352 e. The Hall–Kier alpha value is -3.60. The molecule has 1 aromatic carbocycles. The number of nitrogens with one attached hydrogen (secondary N) is 1. The van der Waals surface area contributed by atoms with Gasteiger partial charge in [0.05, 0.1) is 16.8 Å². The SMILES string of the molecule is O=C(NCCc1ccccn1)c1cc(-c2ccncc2)nc2ccccc12. The maximum Gasteiger partial charge on any atom is 0.252 e. The molecule has 4 aromatic rings. The summed E-state index contributed by atoms with van der Waals surface area (Å²) < 4.78 is 0. The quantitative estimate of drug-likeness (QED) is 0.594. The number of hydrogen-bond donors (Lipinski definition) is 1. The second kappa shape index (κ2) is 7.74. The highest BCUT2D eigenvalue weighted by Gasteiger charge is 2.13. The number of aromatic nitrogens is 3. The maximum absolute atomic E-state index is 12.9. The summed E-state index contributed by atoms with van der Waals surface area (Å²) in [5.41, 5.74) is 4.05. The van der Waals surface area contributed by atoms with Crippen LogP contribution in [0.2, 0.25) is 0 Å². The topological polar surface area (TPSA) is 67.8 Å². The van der Waals surface area contributed by atoms with E-state index in [-0.39, 0.29) is 5.91 Å². The molecule has 0 aliphatic heterocycles. The van der Waals surface area contributed by atoms with Gasteiger partial charge in [-0.3, -0.25) is 14.8 Å². The lowest BCUT2D eigenvalue weighted by Crippen LogP contribution is -2.26. The van der Waals surface area contributed by atoms with Crippen molar-refractivity contribution in [3.05, 3.63) is 90.5 Å². The molecule has 5 nitrogen and oxygen atoms in total. The molecule has 1 N–H and O–H groups in total. The molecule has 0 bridgehead atoms. The van der Waals surface area contributed by atoms with E-state index < -0.39 is 0 Å². The minimum atomic E-state index is -0.111. The monoisotopic (exact) mass is 354 g/mol. The van der Waals surface area contributed by atoms with Gasteiger partial charge in [-0.05, 0) is 36.4 Å². The molecular weight excluding hydrogens is 336 g/mol. The van der Waals surface area contributed by atoms with Gasteiger partial charge < -0.3 is 5.32 Å². The summed E-state index contributed by atoms with van der Waals surface area (Å²) in [7, 11) is 0. The summed E-state index contributed by atoms with van der Waals surface area (Å²) in [5.74, 6) is -0.111. The standard InChI is InChI=1S/C22H18N4O/c27-22(25-14-10-17-5-3-4-11-24-17)19-15-21(16-8-12-23-13-9-16)26-20-7-2-1-6-18(19)20/h1-9,11-13,15H,10,14H2,(H,25,27). The van der Waals surface area contributed by atoms with Crippen molar-refractivity contribution in [1.29, 1.82) is 0 Å². The van der Waals surface area contributed by atoms with E-state index in [1.807, 2.05) is 60.7 Å². The molecule has 132 valence electrons. The molecule has 0 aliphatic carbocycles. The first-order chi connectivity index (χ1) is 13.3. The van der Waals surface area contributed by atoms with Gasteiger partial charge in [0, 0.05) is 48.2 Å². The highest BCUT2D eigenvalue weighted by atomic mass is 16.1. The molecule has 0 saturated carbocycles. The summed E-state index contributed by atoms with van der Waals surface area (Å²) in [5, 5.41) is 3.84. The van der Waals surface area contributed by atoms with Gasteiger partial charge in [0.15, 0.2) is 0 Å². The van der Waals surface area contributed by atoms with Gasteiger partial charge in [0.25, 0.3) is 5.91 Å². The van der Waals surface area contributed by atoms with Crippen LogP contribution in [0, 0.1) is 0 Å². The van der Waals surface area contributed by atoms with Crippen LogP contribution >= 0.6 is 0 Å². The number of fused-ring (bicyclic) bond motifs is 1. The zero-order valence-corrected chi connectivity index (χ0v) is 14.7. The number of benzene rings is 1. The van der Waals surface area contributed by atoms with Crippen molar-refractivity contribution < 1.29 is 4.79 Å². The van der Waals surface area contributed by atoms with Crippen LogP contribution in [0.1, 0.15) is 16.1 Å². The van der Waals surface area contributed by atoms with E-state index in [0.29, 0.717) is 18.5 Å². The normalized spacial score (nSPS) is 10.7. The summed E-state index contributed by atoms with van der Waals surface area (Å²) in [4.78, 5) is 25.9. The molecule has 4 rings (SSSR count). The number of carbonyl (C=O) groups excluding carboxylic acids is 1. The third-order valence-corrected chi connectivity index (χ3v) is 4.33. The first kappa shape index (κ1) is 16.8. The van der Waals surface area contributed by atoms with Gasteiger partial charge in [-0.1, -0.05) is 24.3 Å². The van der Waals surface area contributed by atoms with Crippen LogP contribution in [0.25, 0.3) is 22.2 Å². The van der Waals surface area contributed by atoms with Gasteiger partial charge in [0.1, 0.15) is 0 Å². The first-order valence-electron chi connectivity index (χ1n) is 8.79. The average Bonchev–Trinajstić information content (AvgIpc) is 2.74. The molecule has 0 radical (unpaired) electrons. The lowest BCUT2D eigenvalue weighted by Gasteiger charge is -2.10. The van der Waals surface area contributed by atoms with Crippen LogP contribution in [0.5, 0.6) is 0 Å². The van der Waals surface area contributed by atoms with E-state index in [4.69, 9.17) is 4.98 Å². The molecule has 5 heteroatoms. The smallest absolute Gasteiger partial charge is 0.252 e. The maximum atomic E-state index is 12.9. The molecular formula is C22H18N4O. The number of rotatable bonds is 5. The third kappa shape index (κ3) is 3.82. The predicted octanol–water partition coefficient (Wildman–Crippen LogP) is 3.66. The zero-order chi connectivity index (χ0) is 18.5. The minimum Gasteiger partial charge on any atom is -0.352 e. The van der Waals surface area contributed by atoms with E-state index >= 15 is 0 Å². The van der Waals surface area contributed by atoms with Gasteiger partial charge in [-0.15, -0.1) is 0 Å². The van der Waals surface area contributed by atoms with Crippen LogP contribution in [0.3, 0.4) is 0 Å². The second-order valence-corrected chi connectivity index (χ2v) is 6.14. The van der Waals surface area contributed by atoms with Crippen molar-refractivity contribution in [2.45, 2.75) is 6.42 Å². The van der Waals surface area contributed by atoms with Crippen LogP contribution in [0.4, 0.5) is 0 Å². The molecule has 0 saturated heterocycles. The Morgan fingerprint density at radius 3 is 2.56 bits per heavy atom. The Labute approximate surface area is 157 Å². The Bertz CT molecular complexity index is 1070. The lowest BCUT2D eigenvalue weighted by atomic mass is 10.0. The molecule has 0 atom stereocenters. The Balaban J connectivity index is 1.62. The van der Waals surface area contributed by atoms with Crippen LogP contribution < -0.4 is 5.32 Å². The van der Waals surface area contributed by atoms with Crippen molar-refractivity contribution in [3.63, 3.8) is 0 Å². The minimum absolute atomic E-state index is 0.111. The summed E-state index contributed by atoms with van der Waals surface area (Å²) >= 11 is 0. The summed E-state index contributed by atoms with van der Waals surface area (Å²) in [6.45, 7) is 0.525.